The van der Waals surface area contributed by atoms with Gasteiger partial charge in [0.2, 0.25) is 17.8 Å². The van der Waals surface area contributed by atoms with E-state index >= 15 is 0 Å². The Morgan fingerprint density at radius 3 is 2.58 bits per heavy atom. The Balaban J connectivity index is 1.30. The van der Waals surface area contributed by atoms with Gasteiger partial charge in [0.25, 0.3) is 5.91 Å². The number of fused-ring (bicyclic) bond motifs is 1. The molecule has 0 aliphatic carbocycles. The van der Waals surface area contributed by atoms with E-state index in [-0.39, 0.29) is 24.2 Å². The van der Waals surface area contributed by atoms with E-state index in [2.05, 4.69) is 30.1 Å². The van der Waals surface area contributed by atoms with Crippen LogP contribution >= 0.6 is 0 Å². The number of pyridine rings is 1. The van der Waals surface area contributed by atoms with Crippen molar-refractivity contribution in [3.8, 4) is 22.5 Å². The molecule has 2 aliphatic heterocycles. The second kappa shape index (κ2) is 12.4. The highest BCUT2D eigenvalue weighted by atomic mass is 16.5. The first-order valence-electron chi connectivity index (χ1n) is 14.2. The Morgan fingerprint density at radius 2 is 1.79 bits per heavy atom. The van der Waals surface area contributed by atoms with E-state index in [1.165, 1.54) is 0 Å². The molecule has 13 nitrogen and oxygen atoms in total. The van der Waals surface area contributed by atoms with E-state index in [0.29, 0.717) is 57.3 Å². The topological polar surface area (TPSA) is 178 Å². The maximum Gasteiger partial charge on any atom is 0.251 e. The van der Waals surface area contributed by atoms with Crippen LogP contribution in [0.5, 0.6) is 0 Å². The number of nitrogens with one attached hydrogen (secondary N) is 1. The lowest BCUT2D eigenvalue weighted by Gasteiger charge is -2.28. The van der Waals surface area contributed by atoms with Gasteiger partial charge in [-0.2, -0.15) is 4.98 Å². The van der Waals surface area contributed by atoms with Crippen LogP contribution in [-0.4, -0.2) is 76.1 Å². The molecule has 0 atom stereocenters. The number of nitrogen functional groups attached to an aromatic ring is 1. The molecule has 0 bridgehead atoms. The number of benzene rings is 1. The molecule has 5 N–H and O–H groups in total. The van der Waals surface area contributed by atoms with Crippen LogP contribution in [0.4, 0.5) is 23.4 Å². The van der Waals surface area contributed by atoms with E-state index < -0.39 is 0 Å². The first-order chi connectivity index (χ1) is 21.0. The van der Waals surface area contributed by atoms with Gasteiger partial charge in [0.05, 0.1) is 24.6 Å². The van der Waals surface area contributed by atoms with Gasteiger partial charge in [-0.05, 0) is 37.1 Å². The van der Waals surface area contributed by atoms with E-state index in [4.69, 9.17) is 26.2 Å². The zero-order valence-corrected chi connectivity index (χ0v) is 23.6. The molecule has 0 radical (unpaired) electrons. The normalized spacial score (nSPS) is 14.4. The standard InChI is InChI=1S/C30H32N10O3/c31-25(41)5-2-8-34-28(42)20-4-1-3-19(15-20)24-16-22(6-9-33-24)40-10-7-23-26(21-17-35-29(32)36-18-21)37-30(38-27(23)40)39-11-13-43-14-12-39/h1,3-4,6,9,15-18H,2,5,7-8,10-14H2,(H2,31,41)(H,34,42)(H2,32,35,36). The van der Waals surface area contributed by atoms with Gasteiger partial charge in [0, 0.05) is 79.1 Å². The van der Waals surface area contributed by atoms with Crippen LogP contribution < -0.4 is 26.6 Å². The quantitative estimate of drug-likeness (QED) is 0.247. The van der Waals surface area contributed by atoms with Crippen molar-refractivity contribution in [3.05, 3.63) is 66.1 Å². The largest absolute Gasteiger partial charge is 0.378 e. The minimum Gasteiger partial charge on any atom is -0.378 e. The Bertz CT molecular complexity index is 1640. The average molecular weight is 581 g/mol. The predicted molar refractivity (Wildman–Crippen MR) is 162 cm³/mol. The zero-order valence-electron chi connectivity index (χ0n) is 23.6. The zero-order chi connectivity index (χ0) is 29.8. The highest BCUT2D eigenvalue weighted by Gasteiger charge is 2.29. The molecule has 13 heteroatoms. The van der Waals surface area contributed by atoms with Crippen molar-refractivity contribution in [3.63, 3.8) is 0 Å². The van der Waals surface area contributed by atoms with Gasteiger partial charge >= 0.3 is 0 Å². The third kappa shape index (κ3) is 6.21. The van der Waals surface area contributed by atoms with Crippen molar-refractivity contribution >= 4 is 35.2 Å². The molecule has 43 heavy (non-hydrogen) atoms. The summed E-state index contributed by atoms with van der Waals surface area (Å²) in [6.45, 7) is 3.70. The number of nitrogens with zero attached hydrogens (tertiary/aromatic N) is 7. The summed E-state index contributed by atoms with van der Waals surface area (Å²) in [5.41, 5.74) is 16.5. The van der Waals surface area contributed by atoms with Crippen LogP contribution in [0.3, 0.4) is 0 Å². The van der Waals surface area contributed by atoms with Gasteiger partial charge < -0.3 is 31.3 Å². The monoisotopic (exact) mass is 580 g/mol. The molecule has 0 unspecified atom stereocenters. The maximum atomic E-state index is 12.7. The molecule has 2 amide bonds. The first kappa shape index (κ1) is 28.0. The Hall–Kier alpha value is -5.17. The molecular weight excluding hydrogens is 548 g/mol. The van der Waals surface area contributed by atoms with Crippen LogP contribution in [0.1, 0.15) is 28.8 Å². The fourth-order valence-corrected chi connectivity index (χ4v) is 5.23. The van der Waals surface area contributed by atoms with E-state index in [1.807, 2.05) is 30.3 Å². The van der Waals surface area contributed by atoms with E-state index in [1.54, 1.807) is 24.7 Å². The molecule has 4 aromatic rings. The number of aromatic nitrogens is 5. The molecule has 1 fully saturated rings. The number of anilines is 4. The Kier molecular flexibility index (Phi) is 8.05. The molecule has 0 spiro atoms. The number of rotatable bonds is 9. The number of hydrogen-bond donors (Lipinski definition) is 3. The lowest BCUT2D eigenvalue weighted by Crippen LogP contribution is -2.37. The van der Waals surface area contributed by atoms with Gasteiger partial charge in [-0.15, -0.1) is 0 Å². The SMILES string of the molecule is NC(=O)CCCNC(=O)c1cccc(-c2cc(N3CCc4c(-c5cnc(N)nc5)nc(N5CCOCC5)nc43)ccn2)c1. The van der Waals surface area contributed by atoms with Crippen LogP contribution in [0.15, 0.2) is 55.0 Å². The van der Waals surface area contributed by atoms with Gasteiger partial charge in [0.15, 0.2) is 0 Å². The number of carbonyl (C=O) groups is 2. The minimum absolute atomic E-state index is 0.207. The highest BCUT2D eigenvalue weighted by Crippen LogP contribution is 2.39. The molecule has 0 saturated carbocycles. The summed E-state index contributed by atoms with van der Waals surface area (Å²) in [5, 5.41) is 2.84. The number of ether oxygens (including phenoxy) is 1. The molecule has 5 heterocycles. The van der Waals surface area contributed by atoms with Crippen LogP contribution in [-0.2, 0) is 16.0 Å². The van der Waals surface area contributed by atoms with Gasteiger partial charge in [-0.3, -0.25) is 14.6 Å². The molecule has 2 aliphatic rings. The van der Waals surface area contributed by atoms with E-state index in [0.717, 1.165) is 46.0 Å². The molecule has 6 rings (SSSR count). The third-order valence-electron chi connectivity index (χ3n) is 7.41. The molecular formula is C30H32N10O3. The number of primary amides is 1. The Labute approximate surface area is 248 Å². The van der Waals surface area contributed by atoms with Crippen molar-refractivity contribution in [1.29, 1.82) is 0 Å². The summed E-state index contributed by atoms with van der Waals surface area (Å²) in [6.07, 6.45) is 6.61. The second-order valence-corrected chi connectivity index (χ2v) is 10.3. The first-order valence-corrected chi connectivity index (χ1v) is 14.2. The maximum absolute atomic E-state index is 12.7. The summed E-state index contributed by atoms with van der Waals surface area (Å²) < 4.78 is 5.55. The third-order valence-corrected chi connectivity index (χ3v) is 7.41. The fourth-order valence-electron chi connectivity index (χ4n) is 5.23. The lowest BCUT2D eigenvalue weighted by molar-refractivity contribution is -0.118. The summed E-state index contributed by atoms with van der Waals surface area (Å²) >= 11 is 0. The van der Waals surface area contributed by atoms with Gasteiger partial charge in [-0.1, -0.05) is 12.1 Å². The van der Waals surface area contributed by atoms with Crippen molar-refractivity contribution in [2.45, 2.75) is 19.3 Å². The summed E-state index contributed by atoms with van der Waals surface area (Å²) in [6, 6.07) is 11.3. The predicted octanol–water partition coefficient (Wildman–Crippen LogP) is 2.10. The Morgan fingerprint density at radius 1 is 0.977 bits per heavy atom. The minimum atomic E-state index is -0.387. The highest BCUT2D eigenvalue weighted by molar-refractivity contribution is 5.95. The van der Waals surface area contributed by atoms with Crippen LogP contribution in [0, 0.1) is 0 Å². The molecule has 3 aromatic heterocycles. The van der Waals surface area contributed by atoms with Crippen molar-refractivity contribution in [1.82, 2.24) is 30.2 Å². The summed E-state index contributed by atoms with van der Waals surface area (Å²) in [5.74, 6) is 1.05. The number of amides is 2. The summed E-state index contributed by atoms with van der Waals surface area (Å²) in [7, 11) is 0. The molecule has 1 aromatic carbocycles. The second-order valence-electron chi connectivity index (χ2n) is 10.3. The number of carbonyl (C=O) groups excluding carboxylic acids is 2. The average Bonchev–Trinajstić information content (AvgIpc) is 3.48. The van der Waals surface area contributed by atoms with Crippen molar-refractivity contribution in [2.75, 3.05) is 54.9 Å². The van der Waals surface area contributed by atoms with Gasteiger partial charge in [-0.25, -0.2) is 15.0 Å². The number of morpholine rings is 1. The van der Waals surface area contributed by atoms with Gasteiger partial charge in [0.1, 0.15) is 5.82 Å². The smallest absolute Gasteiger partial charge is 0.251 e. The number of nitrogens with two attached hydrogens (primary N) is 2. The number of hydrogen-bond acceptors (Lipinski definition) is 11. The molecule has 1 saturated heterocycles. The van der Waals surface area contributed by atoms with Crippen LogP contribution in [0.2, 0.25) is 0 Å². The summed E-state index contributed by atoms with van der Waals surface area (Å²) in [4.78, 5) is 51.0. The van der Waals surface area contributed by atoms with Crippen molar-refractivity contribution < 1.29 is 14.3 Å². The lowest BCUT2D eigenvalue weighted by atomic mass is 10.1. The van der Waals surface area contributed by atoms with E-state index in [9.17, 15) is 9.59 Å². The van der Waals surface area contributed by atoms with Crippen molar-refractivity contribution in [2.24, 2.45) is 5.73 Å². The fraction of sp³-hybridized carbons (Fsp3) is 0.300. The molecule has 220 valence electrons. The van der Waals surface area contributed by atoms with Crippen LogP contribution in [0.25, 0.3) is 22.5 Å².